The minimum Gasteiger partial charge on any atom is -0.441 e. The summed E-state index contributed by atoms with van der Waals surface area (Å²) in [7, 11) is -4.42. The first-order valence-electron chi connectivity index (χ1n) is 5.52. The summed E-state index contributed by atoms with van der Waals surface area (Å²) in [5.41, 5.74) is 2.35. The number of benzene rings is 1. The van der Waals surface area contributed by atoms with E-state index in [9.17, 15) is 17.6 Å². The van der Waals surface area contributed by atoms with Crippen LogP contribution in [0, 0.1) is 5.82 Å². The zero-order valence-corrected chi connectivity index (χ0v) is 11.2. The fourth-order valence-electron chi connectivity index (χ4n) is 1.36. The molecule has 0 spiro atoms. The van der Waals surface area contributed by atoms with E-state index in [0.717, 1.165) is 24.4 Å². The van der Waals surface area contributed by atoms with Crippen LogP contribution in [0.15, 0.2) is 51.0 Å². The zero-order chi connectivity index (χ0) is 15.5. The Morgan fingerprint density at radius 1 is 1.24 bits per heavy atom. The molecular weight excluding hydrogens is 303 g/mol. The average Bonchev–Trinajstić information content (AvgIpc) is 2.88. The maximum absolute atomic E-state index is 12.7. The number of hydrazone groups is 1. The molecule has 2 N–H and O–H groups in total. The summed E-state index contributed by atoms with van der Waals surface area (Å²) < 4.78 is 47.7. The third-order valence-corrected chi connectivity index (χ3v) is 3.05. The van der Waals surface area contributed by atoms with Gasteiger partial charge in [-0.2, -0.15) is 13.5 Å². The Labute approximate surface area is 118 Å². The van der Waals surface area contributed by atoms with E-state index in [-0.39, 0.29) is 11.3 Å². The highest BCUT2D eigenvalue weighted by atomic mass is 32.2. The molecule has 1 aromatic carbocycles. The van der Waals surface area contributed by atoms with Crippen molar-refractivity contribution in [2.24, 2.45) is 5.10 Å². The predicted molar refractivity (Wildman–Crippen MR) is 70.0 cm³/mol. The molecule has 0 unspecified atom stereocenters. The molecule has 0 fully saturated rings. The Hall–Kier alpha value is -2.52. The molecule has 9 heteroatoms. The van der Waals surface area contributed by atoms with E-state index < -0.39 is 26.9 Å². The Morgan fingerprint density at radius 3 is 2.48 bits per heavy atom. The van der Waals surface area contributed by atoms with Crippen molar-refractivity contribution < 1.29 is 26.6 Å². The fourth-order valence-corrected chi connectivity index (χ4v) is 1.80. The highest BCUT2D eigenvalue weighted by Gasteiger charge is 2.14. The van der Waals surface area contributed by atoms with E-state index in [0.29, 0.717) is 0 Å². The number of carbonyl (C=O) groups is 1. The second kappa shape index (κ2) is 5.85. The van der Waals surface area contributed by atoms with Crippen LogP contribution in [0.25, 0.3) is 0 Å². The zero-order valence-electron chi connectivity index (χ0n) is 10.4. The quantitative estimate of drug-likeness (QED) is 0.504. The molecule has 0 aliphatic rings. The summed E-state index contributed by atoms with van der Waals surface area (Å²) in [4.78, 5) is 11.6. The van der Waals surface area contributed by atoms with Gasteiger partial charge in [0.2, 0.25) is 5.09 Å². The van der Waals surface area contributed by atoms with Crippen LogP contribution in [0.5, 0.6) is 0 Å². The SMILES string of the molecule is O=C(N/N=C/c1ccc(S(=O)(=O)O)o1)c1ccc(F)cc1. The second-order valence-electron chi connectivity index (χ2n) is 3.84. The van der Waals surface area contributed by atoms with E-state index >= 15 is 0 Å². The summed E-state index contributed by atoms with van der Waals surface area (Å²) in [6, 6.07) is 7.11. The third-order valence-electron chi connectivity index (χ3n) is 2.32. The van der Waals surface area contributed by atoms with Crippen molar-refractivity contribution in [3.8, 4) is 0 Å². The number of nitrogens with zero attached hydrogens (tertiary/aromatic N) is 1. The first-order valence-corrected chi connectivity index (χ1v) is 6.96. The average molecular weight is 312 g/mol. The first kappa shape index (κ1) is 14.9. The van der Waals surface area contributed by atoms with Crippen LogP contribution in [0.3, 0.4) is 0 Å². The molecule has 2 rings (SSSR count). The summed E-state index contributed by atoms with van der Waals surface area (Å²) in [5, 5.41) is 2.92. The summed E-state index contributed by atoms with van der Waals surface area (Å²) in [5.74, 6) is -1.03. The number of carbonyl (C=O) groups excluding carboxylic acids is 1. The molecule has 0 aliphatic heterocycles. The minimum absolute atomic E-state index is 0.0158. The highest BCUT2D eigenvalue weighted by Crippen LogP contribution is 2.11. The number of hydrogen-bond acceptors (Lipinski definition) is 5. The Bertz CT molecular complexity index is 780. The van der Waals surface area contributed by atoms with Crippen LogP contribution >= 0.6 is 0 Å². The van der Waals surface area contributed by atoms with Gasteiger partial charge in [-0.15, -0.1) is 0 Å². The summed E-state index contributed by atoms with van der Waals surface area (Å²) in [6.07, 6.45) is 1.05. The van der Waals surface area contributed by atoms with Gasteiger partial charge in [0.1, 0.15) is 11.6 Å². The van der Waals surface area contributed by atoms with Crippen LogP contribution in [0.1, 0.15) is 16.1 Å². The molecule has 0 saturated heterocycles. The maximum atomic E-state index is 12.7. The minimum atomic E-state index is -4.42. The molecule has 7 nitrogen and oxygen atoms in total. The van der Waals surface area contributed by atoms with E-state index in [1.807, 2.05) is 0 Å². The number of furan rings is 1. The van der Waals surface area contributed by atoms with Crippen LogP contribution < -0.4 is 5.43 Å². The van der Waals surface area contributed by atoms with Gasteiger partial charge in [0, 0.05) is 5.56 Å². The van der Waals surface area contributed by atoms with Gasteiger partial charge in [-0.05, 0) is 36.4 Å². The Balaban J connectivity index is 2.01. The van der Waals surface area contributed by atoms with Crippen molar-refractivity contribution in [3.05, 3.63) is 53.5 Å². The normalized spacial score (nSPS) is 11.7. The van der Waals surface area contributed by atoms with Crippen LogP contribution in [0.2, 0.25) is 0 Å². The van der Waals surface area contributed by atoms with Gasteiger partial charge in [0.15, 0.2) is 0 Å². The van der Waals surface area contributed by atoms with Gasteiger partial charge in [-0.1, -0.05) is 0 Å². The first-order chi connectivity index (χ1) is 9.86. The van der Waals surface area contributed by atoms with Gasteiger partial charge in [0.05, 0.1) is 6.21 Å². The molecule has 0 aliphatic carbocycles. The smallest absolute Gasteiger partial charge is 0.328 e. The third kappa shape index (κ3) is 3.97. The van der Waals surface area contributed by atoms with Crippen molar-refractivity contribution in [2.45, 2.75) is 5.09 Å². The van der Waals surface area contributed by atoms with Gasteiger partial charge in [-0.3, -0.25) is 9.35 Å². The molecule has 2 aromatic rings. The largest absolute Gasteiger partial charge is 0.441 e. The number of hydrogen-bond donors (Lipinski definition) is 2. The lowest BCUT2D eigenvalue weighted by atomic mass is 10.2. The van der Waals surface area contributed by atoms with Crippen LogP contribution in [-0.2, 0) is 10.1 Å². The monoisotopic (exact) mass is 312 g/mol. The van der Waals surface area contributed by atoms with Crippen molar-refractivity contribution in [1.29, 1.82) is 0 Å². The van der Waals surface area contributed by atoms with Gasteiger partial charge >= 0.3 is 10.1 Å². The molecule has 0 atom stereocenters. The molecule has 110 valence electrons. The fraction of sp³-hybridized carbons (Fsp3) is 0. The highest BCUT2D eigenvalue weighted by molar-refractivity contribution is 7.85. The van der Waals surface area contributed by atoms with E-state index in [2.05, 4.69) is 10.5 Å². The topological polar surface area (TPSA) is 109 Å². The summed E-state index contributed by atoms with van der Waals surface area (Å²) >= 11 is 0. The molecule has 1 amide bonds. The standard InChI is InChI=1S/C12H9FN2O5S/c13-9-3-1-8(2-4-9)12(16)15-14-7-10-5-6-11(20-10)21(17,18)19/h1-7H,(H,15,16)(H,17,18,19)/b14-7+. The van der Waals surface area contributed by atoms with E-state index in [4.69, 9.17) is 8.97 Å². The Morgan fingerprint density at radius 2 is 1.90 bits per heavy atom. The molecule has 0 radical (unpaired) electrons. The predicted octanol–water partition coefficient (Wildman–Crippen LogP) is 1.43. The molecule has 1 heterocycles. The van der Waals surface area contributed by atoms with Gasteiger partial charge in [-0.25, -0.2) is 9.82 Å². The molecule has 21 heavy (non-hydrogen) atoms. The Kier molecular flexibility index (Phi) is 4.15. The lowest BCUT2D eigenvalue weighted by Crippen LogP contribution is -2.17. The summed E-state index contributed by atoms with van der Waals surface area (Å²) in [6.45, 7) is 0. The van der Waals surface area contributed by atoms with Crippen LogP contribution in [-0.4, -0.2) is 25.1 Å². The van der Waals surface area contributed by atoms with E-state index in [1.165, 1.54) is 18.2 Å². The lowest BCUT2D eigenvalue weighted by molar-refractivity contribution is 0.0955. The van der Waals surface area contributed by atoms with Crippen molar-refractivity contribution in [3.63, 3.8) is 0 Å². The van der Waals surface area contributed by atoms with Gasteiger partial charge in [0.25, 0.3) is 5.91 Å². The van der Waals surface area contributed by atoms with Crippen LogP contribution in [0.4, 0.5) is 4.39 Å². The van der Waals surface area contributed by atoms with Crippen molar-refractivity contribution >= 4 is 22.2 Å². The van der Waals surface area contributed by atoms with Crippen molar-refractivity contribution in [2.75, 3.05) is 0 Å². The van der Waals surface area contributed by atoms with E-state index in [1.54, 1.807) is 0 Å². The van der Waals surface area contributed by atoms with Crippen molar-refractivity contribution in [1.82, 2.24) is 5.43 Å². The van der Waals surface area contributed by atoms with Gasteiger partial charge < -0.3 is 4.42 Å². The number of nitrogens with one attached hydrogen (secondary N) is 1. The molecule has 1 aromatic heterocycles. The molecular formula is C12H9FN2O5S. The second-order valence-corrected chi connectivity index (χ2v) is 5.19. The lowest BCUT2D eigenvalue weighted by Gasteiger charge is -1.98. The number of halogens is 1. The number of rotatable bonds is 4. The molecule has 0 saturated carbocycles. The maximum Gasteiger partial charge on any atom is 0.328 e. The molecule has 0 bridgehead atoms. The number of amides is 1.